The minimum absolute atomic E-state index is 0.0294. The third kappa shape index (κ3) is 13.0. The summed E-state index contributed by atoms with van der Waals surface area (Å²) in [6.07, 6.45) is -1.08. The Labute approximate surface area is 418 Å². The molecule has 4 amide bonds. The number of carbonyl (C=O) groups excluding carboxylic acids is 4. The predicted octanol–water partition coefficient (Wildman–Crippen LogP) is 8.51. The van der Waals surface area contributed by atoms with E-state index in [0.717, 1.165) is 71.6 Å². The Kier molecular flexibility index (Phi) is 17.1. The Balaban J connectivity index is 0.893. The van der Waals surface area contributed by atoms with E-state index in [4.69, 9.17) is 14.7 Å². The van der Waals surface area contributed by atoms with E-state index in [2.05, 4.69) is 25.9 Å². The number of unbranched alkanes of at least 4 members (excludes halogenated alkanes) is 3. The summed E-state index contributed by atoms with van der Waals surface area (Å²) in [7, 11) is 0. The van der Waals surface area contributed by atoms with Crippen LogP contribution in [0.5, 0.6) is 5.88 Å². The maximum atomic E-state index is 14.1. The molecule has 4 N–H and O–H groups in total. The van der Waals surface area contributed by atoms with Crippen LogP contribution in [0.4, 0.5) is 13.2 Å². The number of nitrogens with one attached hydrogen (secondary N) is 3. The highest BCUT2D eigenvalue weighted by Crippen LogP contribution is 2.55. The second-order valence-electron chi connectivity index (χ2n) is 21.0. The molecule has 4 atom stereocenters. The van der Waals surface area contributed by atoms with E-state index < -0.39 is 69.7 Å². The molecule has 4 aromatic rings. The lowest BCUT2D eigenvalue weighted by molar-refractivity contribution is -0.166. The van der Waals surface area contributed by atoms with Gasteiger partial charge in [-0.1, -0.05) is 97.7 Å². The number of aryl methyl sites for hydroxylation is 2. The third-order valence-electron chi connectivity index (χ3n) is 13.7. The van der Waals surface area contributed by atoms with Crippen LogP contribution >= 0.6 is 11.3 Å². The molecular formula is C53H66F3N7O7S. The van der Waals surface area contributed by atoms with Crippen molar-refractivity contribution in [2.75, 3.05) is 19.8 Å². The zero-order chi connectivity index (χ0) is 52.1. The summed E-state index contributed by atoms with van der Waals surface area (Å²) < 4.78 is 52.4. The van der Waals surface area contributed by atoms with Crippen LogP contribution in [0.2, 0.25) is 0 Å². The van der Waals surface area contributed by atoms with Crippen LogP contribution in [0.1, 0.15) is 132 Å². The lowest BCUT2D eigenvalue weighted by Crippen LogP contribution is -2.74. The van der Waals surface area contributed by atoms with Gasteiger partial charge in [0, 0.05) is 54.3 Å². The van der Waals surface area contributed by atoms with Gasteiger partial charge in [0.05, 0.1) is 39.4 Å². The summed E-state index contributed by atoms with van der Waals surface area (Å²) >= 11 is 1.56. The molecule has 1 saturated heterocycles. The van der Waals surface area contributed by atoms with Crippen LogP contribution in [0.25, 0.3) is 10.4 Å². The van der Waals surface area contributed by atoms with Gasteiger partial charge in [0.15, 0.2) is 0 Å². The van der Waals surface area contributed by atoms with E-state index in [9.17, 15) is 37.5 Å². The highest BCUT2D eigenvalue weighted by molar-refractivity contribution is 7.13. The number of amides is 4. The topological polar surface area (TPSA) is 196 Å². The first-order chi connectivity index (χ1) is 33.3. The van der Waals surface area contributed by atoms with Crippen LogP contribution in [0.15, 0.2) is 66.3 Å². The number of benzene rings is 2. The summed E-state index contributed by atoms with van der Waals surface area (Å²) in [6, 6.07) is 14.9. The normalized spacial score (nSPS) is 20.3. The standard InChI is InChI=1S/C53H66F3N7O7S/c1-31(34-19-21-35(22-20-34)43-32(2)59-30-71-43)60-46(67)40-24-38(64)28-63(40)47(68)44(50(3,4)5)61-41(65)29-69-23-13-11-10-12-14-33-15-17-36(18-16-33)45(66)62-48-51(6,7)49(52(48,8)9)70-42-25-39(53(54,55)56)37(26-57)27-58-42/h15-22,25,27,30-31,38,40,44,48-49,64H,10-14,23-24,28-29H2,1-9H3,(H,60,67)(H,61,65)(H,62,66)/t31-,38+,40-,44+,48?,49?/m0/s1. The first-order valence-electron chi connectivity index (χ1n) is 24.0. The maximum absolute atomic E-state index is 14.1. The lowest BCUT2D eigenvalue weighted by atomic mass is 9.49. The summed E-state index contributed by atoms with van der Waals surface area (Å²) in [5.74, 6) is -1.81. The molecule has 14 nitrogen and oxygen atoms in total. The highest BCUT2D eigenvalue weighted by Gasteiger charge is 2.64. The zero-order valence-electron chi connectivity index (χ0n) is 41.9. The number of hydrogen-bond acceptors (Lipinski definition) is 11. The number of aliphatic hydroxyl groups excluding tert-OH is 1. The van der Waals surface area contributed by atoms with Gasteiger partial charge in [0.25, 0.3) is 5.91 Å². The number of halogens is 3. The minimum atomic E-state index is -4.75. The summed E-state index contributed by atoms with van der Waals surface area (Å²) in [4.78, 5) is 64.9. The van der Waals surface area contributed by atoms with E-state index in [1.54, 1.807) is 29.0 Å². The molecule has 0 bridgehead atoms. The van der Waals surface area contributed by atoms with E-state index in [-0.39, 0.29) is 49.4 Å². The van der Waals surface area contributed by atoms with E-state index in [1.165, 1.54) is 11.0 Å². The fourth-order valence-corrected chi connectivity index (χ4v) is 10.9. The number of aromatic nitrogens is 2. The maximum Gasteiger partial charge on any atom is 0.417 e. The number of aliphatic hydroxyl groups is 1. The summed E-state index contributed by atoms with van der Waals surface area (Å²) in [6.45, 7) is 16.9. The number of hydrogen-bond donors (Lipinski definition) is 4. The van der Waals surface area contributed by atoms with Crippen LogP contribution in [0, 0.1) is 34.5 Å². The fourth-order valence-electron chi connectivity index (χ4n) is 10.1. The first-order valence-corrected chi connectivity index (χ1v) is 24.9. The number of β-amino-alcohol motifs (C(OH)–C–C–N with tert-alkyl or cyclic N) is 1. The van der Waals surface area contributed by atoms with Gasteiger partial charge in [0.1, 0.15) is 30.9 Å². The number of carbonyl (C=O) groups is 4. The summed E-state index contributed by atoms with van der Waals surface area (Å²) in [5, 5.41) is 28.7. The fraction of sp³-hybridized carbons (Fsp3) is 0.528. The molecule has 2 aromatic heterocycles. The monoisotopic (exact) mass is 1000 g/mol. The van der Waals surface area contributed by atoms with Crippen molar-refractivity contribution in [1.29, 1.82) is 5.26 Å². The molecular weight excluding hydrogens is 936 g/mol. The minimum Gasteiger partial charge on any atom is -0.473 e. The number of thiazole rings is 1. The molecule has 71 heavy (non-hydrogen) atoms. The second kappa shape index (κ2) is 22.3. The number of ether oxygens (including phenoxy) is 2. The van der Waals surface area contributed by atoms with Crippen LogP contribution < -0.4 is 20.7 Å². The largest absolute Gasteiger partial charge is 0.473 e. The molecule has 2 fully saturated rings. The van der Waals surface area contributed by atoms with Crippen molar-refractivity contribution in [3.8, 4) is 22.4 Å². The number of nitriles is 1. The van der Waals surface area contributed by atoms with Crippen molar-refractivity contribution in [3.63, 3.8) is 0 Å². The van der Waals surface area contributed by atoms with Gasteiger partial charge < -0.3 is 35.4 Å². The van der Waals surface area contributed by atoms with Crippen molar-refractivity contribution in [2.45, 2.75) is 143 Å². The first kappa shape index (κ1) is 54.4. The van der Waals surface area contributed by atoms with Crippen molar-refractivity contribution in [3.05, 3.63) is 99.8 Å². The molecule has 0 radical (unpaired) electrons. The molecule has 3 heterocycles. The summed E-state index contributed by atoms with van der Waals surface area (Å²) in [5.41, 5.74) is 2.48. The lowest BCUT2D eigenvalue weighted by Gasteiger charge is -2.62. The van der Waals surface area contributed by atoms with Crippen molar-refractivity contribution >= 4 is 35.0 Å². The molecule has 18 heteroatoms. The Morgan fingerprint density at radius 3 is 2.23 bits per heavy atom. The number of pyridine rings is 1. The molecule has 0 unspecified atom stereocenters. The Bertz CT molecular complexity index is 2550. The van der Waals surface area contributed by atoms with Crippen LogP contribution in [-0.2, 0) is 31.7 Å². The molecule has 1 saturated carbocycles. The number of rotatable bonds is 19. The number of likely N-dealkylation sites (tertiary alicyclic amines) is 1. The average molecular weight is 1000 g/mol. The van der Waals surface area contributed by atoms with Gasteiger partial charge in [-0.3, -0.25) is 19.2 Å². The number of nitrogens with zero attached hydrogens (tertiary/aromatic N) is 4. The Morgan fingerprint density at radius 2 is 1.62 bits per heavy atom. The highest BCUT2D eigenvalue weighted by atomic mass is 32.1. The number of alkyl halides is 3. The van der Waals surface area contributed by atoms with Gasteiger partial charge >= 0.3 is 6.18 Å². The SMILES string of the molecule is Cc1ncsc1-c1ccc([C@H](C)NC(=O)[C@@H]2C[C@@H](O)CN2C(=O)[C@@H](NC(=O)COCCCCCCc2ccc(C(=O)NC3C(C)(C)C(Oc4cc(C(F)(F)F)c(C#N)cn4)C3(C)C)cc2)C(C)(C)C)cc1. The van der Waals surface area contributed by atoms with Crippen LogP contribution in [0.3, 0.4) is 0 Å². The van der Waals surface area contributed by atoms with Gasteiger partial charge in [-0.25, -0.2) is 9.97 Å². The third-order valence-corrected chi connectivity index (χ3v) is 14.6. The van der Waals surface area contributed by atoms with Gasteiger partial charge in [0.2, 0.25) is 23.6 Å². The molecule has 0 spiro atoms. The molecule has 382 valence electrons. The molecule has 6 rings (SSSR count). The molecule has 2 aliphatic rings. The smallest absolute Gasteiger partial charge is 0.417 e. The molecule has 1 aliphatic carbocycles. The van der Waals surface area contributed by atoms with E-state index >= 15 is 0 Å². The van der Waals surface area contributed by atoms with Crippen LogP contribution in [-0.4, -0.2) is 93.7 Å². The van der Waals surface area contributed by atoms with Crippen molar-refractivity contribution in [2.24, 2.45) is 16.2 Å². The molecule has 2 aromatic carbocycles. The van der Waals surface area contributed by atoms with Gasteiger partial charge in [-0.2, -0.15) is 18.4 Å². The van der Waals surface area contributed by atoms with Crippen molar-refractivity contribution in [1.82, 2.24) is 30.8 Å². The van der Waals surface area contributed by atoms with Crippen molar-refractivity contribution < 1.29 is 46.9 Å². The Hall–Kier alpha value is -5.90. The second-order valence-corrected chi connectivity index (χ2v) is 21.9. The Morgan fingerprint density at radius 1 is 0.958 bits per heavy atom. The van der Waals surface area contributed by atoms with Gasteiger partial charge in [-0.15, -0.1) is 11.3 Å². The quantitative estimate of drug-likeness (QED) is 0.0662. The zero-order valence-corrected chi connectivity index (χ0v) is 42.7. The average Bonchev–Trinajstić information content (AvgIpc) is 3.94. The van der Waals surface area contributed by atoms with E-state index in [1.807, 2.05) is 98.7 Å². The predicted molar refractivity (Wildman–Crippen MR) is 263 cm³/mol. The van der Waals surface area contributed by atoms with E-state index in [0.29, 0.717) is 12.2 Å². The molecule has 1 aliphatic heterocycles. The van der Waals surface area contributed by atoms with Gasteiger partial charge in [-0.05, 0) is 67.3 Å².